The number of nitrogens with zero attached hydrogens (tertiary/aromatic N) is 1. The molecule has 0 N–H and O–H groups in total. The van der Waals surface area contributed by atoms with Crippen LogP contribution in [0, 0.1) is 0 Å². The van der Waals surface area contributed by atoms with Crippen LogP contribution in [0.2, 0.25) is 5.02 Å². The summed E-state index contributed by atoms with van der Waals surface area (Å²) in [6.07, 6.45) is 1.30. The molecule has 0 amide bonds. The van der Waals surface area contributed by atoms with Crippen molar-refractivity contribution in [3.63, 3.8) is 0 Å². The molecule has 23 heavy (non-hydrogen) atoms. The number of rotatable bonds is 5. The largest absolute Gasteiger partial charge is 0.382 e. The fraction of sp³-hybridized carbons (Fsp3) is 0.118. The van der Waals surface area contributed by atoms with Gasteiger partial charge in [-0.25, -0.2) is 8.42 Å². The van der Waals surface area contributed by atoms with Crippen molar-refractivity contribution in [1.82, 2.24) is 4.90 Å². The number of benzene rings is 2. The molecule has 0 unspecified atom stereocenters. The van der Waals surface area contributed by atoms with Crippen LogP contribution in [0.1, 0.15) is 10.4 Å². The van der Waals surface area contributed by atoms with Gasteiger partial charge in [-0.15, -0.1) is 0 Å². The fourth-order valence-electron chi connectivity index (χ4n) is 1.99. The molecule has 4 nitrogen and oxygen atoms in total. The van der Waals surface area contributed by atoms with Crippen LogP contribution in [-0.2, 0) is 9.84 Å². The van der Waals surface area contributed by atoms with Crippen molar-refractivity contribution in [3.05, 3.63) is 76.3 Å². The second-order valence-corrected chi connectivity index (χ2v) is 7.41. The zero-order valence-corrected chi connectivity index (χ0v) is 14.3. The molecule has 0 aromatic heterocycles. The fourth-order valence-corrected chi connectivity index (χ4v) is 3.68. The highest BCUT2D eigenvalue weighted by molar-refractivity contribution is 7.96. The van der Waals surface area contributed by atoms with E-state index < -0.39 is 15.6 Å². The average molecular weight is 350 g/mol. The maximum absolute atomic E-state index is 12.8. The van der Waals surface area contributed by atoms with E-state index in [1.54, 1.807) is 50.5 Å². The molecule has 0 fully saturated rings. The number of allylic oxidation sites excluding steroid dienone is 1. The first-order chi connectivity index (χ1) is 10.8. The first-order valence-electron chi connectivity index (χ1n) is 6.81. The molecule has 0 bridgehead atoms. The Balaban J connectivity index is 2.60. The van der Waals surface area contributed by atoms with Crippen LogP contribution < -0.4 is 0 Å². The lowest BCUT2D eigenvalue weighted by atomic mass is 10.1. The van der Waals surface area contributed by atoms with Gasteiger partial charge in [-0.2, -0.15) is 0 Å². The predicted molar refractivity (Wildman–Crippen MR) is 91.2 cm³/mol. The number of carbonyl (C=O) groups excluding carboxylic acids is 1. The molecule has 0 atom stereocenters. The number of Topliss-reactive ketones (excluding diaryl/α,β-unsaturated/α-hetero) is 1. The molecule has 2 aromatic carbocycles. The Labute approximate surface area is 140 Å². The van der Waals surface area contributed by atoms with Crippen molar-refractivity contribution in [3.8, 4) is 0 Å². The van der Waals surface area contributed by atoms with Crippen molar-refractivity contribution in [1.29, 1.82) is 0 Å². The lowest BCUT2D eigenvalue weighted by molar-refractivity contribution is 0.104. The normalized spacial score (nSPS) is 12.0. The van der Waals surface area contributed by atoms with Crippen LogP contribution in [0.3, 0.4) is 0 Å². The number of sulfone groups is 1. The van der Waals surface area contributed by atoms with Gasteiger partial charge in [-0.1, -0.05) is 41.9 Å². The molecule has 0 saturated heterocycles. The minimum atomic E-state index is -3.95. The monoisotopic (exact) mass is 349 g/mol. The van der Waals surface area contributed by atoms with Crippen molar-refractivity contribution in [2.45, 2.75) is 4.90 Å². The third-order valence-corrected chi connectivity index (χ3v) is 5.15. The van der Waals surface area contributed by atoms with Crippen molar-refractivity contribution in [2.24, 2.45) is 0 Å². The first-order valence-corrected chi connectivity index (χ1v) is 8.68. The van der Waals surface area contributed by atoms with E-state index in [9.17, 15) is 13.2 Å². The summed E-state index contributed by atoms with van der Waals surface area (Å²) < 4.78 is 25.7. The molecule has 0 saturated carbocycles. The Morgan fingerprint density at radius 3 is 2.13 bits per heavy atom. The average Bonchev–Trinajstić information content (AvgIpc) is 2.53. The summed E-state index contributed by atoms with van der Waals surface area (Å²) >= 11 is 6.04. The molecule has 2 rings (SSSR count). The SMILES string of the molecule is CN(C)C=C(C(=O)c1ccccc1Cl)S(=O)(=O)c1ccccc1. The van der Waals surface area contributed by atoms with Gasteiger partial charge in [-0.05, 0) is 24.3 Å². The summed E-state index contributed by atoms with van der Waals surface area (Å²) in [7, 11) is -0.643. The Morgan fingerprint density at radius 1 is 1.00 bits per heavy atom. The van der Waals surface area contributed by atoms with Crippen molar-refractivity contribution in [2.75, 3.05) is 14.1 Å². The molecule has 0 aliphatic rings. The summed E-state index contributed by atoms with van der Waals surface area (Å²) in [4.78, 5) is 14.0. The molecule has 6 heteroatoms. The predicted octanol–water partition coefficient (Wildman–Crippen LogP) is 3.40. The summed E-state index contributed by atoms with van der Waals surface area (Å²) in [6, 6.07) is 14.2. The van der Waals surface area contributed by atoms with E-state index in [2.05, 4.69) is 0 Å². The van der Waals surface area contributed by atoms with Crippen LogP contribution in [-0.4, -0.2) is 33.2 Å². The molecule has 0 heterocycles. The lowest BCUT2D eigenvalue weighted by Gasteiger charge is -2.13. The zero-order valence-electron chi connectivity index (χ0n) is 12.7. The van der Waals surface area contributed by atoms with Gasteiger partial charge >= 0.3 is 0 Å². The second-order valence-electron chi connectivity index (χ2n) is 5.08. The van der Waals surface area contributed by atoms with Gasteiger partial charge in [0.1, 0.15) is 4.91 Å². The molecule has 2 aromatic rings. The van der Waals surface area contributed by atoms with E-state index in [1.807, 2.05) is 0 Å². The molecule has 0 radical (unpaired) electrons. The van der Waals surface area contributed by atoms with E-state index in [4.69, 9.17) is 11.6 Å². The highest BCUT2D eigenvalue weighted by Crippen LogP contribution is 2.26. The van der Waals surface area contributed by atoms with Gasteiger partial charge in [0.2, 0.25) is 15.6 Å². The quantitative estimate of drug-likeness (QED) is 0.613. The van der Waals surface area contributed by atoms with Crippen LogP contribution in [0.5, 0.6) is 0 Å². The minimum Gasteiger partial charge on any atom is -0.382 e. The molecular formula is C17H16ClNO3S. The number of ketones is 1. The van der Waals surface area contributed by atoms with E-state index >= 15 is 0 Å². The molecule has 120 valence electrons. The summed E-state index contributed by atoms with van der Waals surface area (Å²) in [5.41, 5.74) is 0.154. The van der Waals surface area contributed by atoms with E-state index in [1.165, 1.54) is 29.3 Å². The minimum absolute atomic E-state index is 0.0634. The Morgan fingerprint density at radius 2 is 1.57 bits per heavy atom. The summed E-state index contributed by atoms with van der Waals surface area (Å²) in [5.74, 6) is -0.631. The number of carbonyl (C=O) groups is 1. The van der Waals surface area contributed by atoms with Gasteiger partial charge in [-0.3, -0.25) is 4.79 Å². The summed E-state index contributed by atoms with van der Waals surface area (Å²) in [5, 5.41) is 0.213. The maximum atomic E-state index is 12.8. The third kappa shape index (κ3) is 3.81. The lowest BCUT2D eigenvalue weighted by Crippen LogP contribution is -2.18. The summed E-state index contributed by atoms with van der Waals surface area (Å²) in [6.45, 7) is 0. The van der Waals surface area contributed by atoms with Gasteiger partial charge < -0.3 is 4.90 Å². The van der Waals surface area contributed by atoms with Crippen LogP contribution in [0.15, 0.2) is 70.6 Å². The van der Waals surface area contributed by atoms with Crippen LogP contribution in [0.4, 0.5) is 0 Å². The second kappa shape index (κ2) is 6.98. The van der Waals surface area contributed by atoms with Crippen LogP contribution in [0.25, 0.3) is 0 Å². The van der Waals surface area contributed by atoms with Gasteiger partial charge in [0.05, 0.1) is 9.92 Å². The molecular weight excluding hydrogens is 334 g/mol. The van der Waals surface area contributed by atoms with E-state index in [0.29, 0.717) is 0 Å². The number of hydrogen-bond donors (Lipinski definition) is 0. The van der Waals surface area contributed by atoms with Crippen LogP contribution >= 0.6 is 11.6 Å². The topological polar surface area (TPSA) is 54.5 Å². The molecule has 0 aliphatic heterocycles. The highest BCUT2D eigenvalue weighted by atomic mass is 35.5. The Kier molecular flexibility index (Phi) is 5.23. The maximum Gasteiger partial charge on any atom is 0.211 e. The molecule has 0 spiro atoms. The number of hydrogen-bond acceptors (Lipinski definition) is 4. The van der Waals surface area contributed by atoms with Gasteiger partial charge in [0, 0.05) is 25.9 Å². The zero-order chi connectivity index (χ0) is 17.0. The highest BCUT2D eigenvalue weighted by Gasteiger charge is 2.29. The van der Waals surface area contributed by atoms with E-state index in [-0.39, 0.29) is 20.4 Å². The Hall–Kier alpha value is -2.11. The smallest absolute Gasteiger partial charge is 0.211 e. The first kappa shape index (κ1) is 17.2. The Bertz CT molecular complexity index is 843. The van der Waals surface area contributed by atoms with Crippen molar-refractivity contribution < 1.29 is 13.2 Å². The van der Waals surface area contributed by atoms with Crippen molar-refractivity contribution >= 4 is 27.2 Å². The van der Waals surface area contributed by atoms with E-state index in [0.717, 1.165) is 0 Å². The standard InChI is InChI=1S/C17H16ClNO3S/c1-19(2)12-16(17(20)14-10-6-7-11-15(14)18)23(21,22)13-8-4-3-5-9-13/h3-12H,1-2H3. The third-order valence-electron chi connectivity index (χ3n) is 3.06. The molecule has 0 aliphatic carbocycles. The number of halogens is 1. The van der Waals surface area contributed by atoms with Gasteiger partial charge in [0.15, 0.2) is 0 Å². The van der Waals surface area contributed by atoms with Gasteiger partial charge in [0.25, 0.3) is 0 Å².